The second-order valence-corrected chi connectivity index (χ2v) is 5.47. The van der Waals surface area contributed by atoms with Crippen LogP contribution in [-0.4, -0.2) is 5.78 Å². The van der Waals surface area contributed by atoms with Crippen LogP contribution in [0.15, 0.2) is 6.07 Å². The van der Waals surface area contributed by atoms with Gasteiger partial charge in [0, 0.05) is 21.2 Å². The fraction of sp³-hybridized carbons (Fsp3) is 0.545. The molecule has 1 aromatic rings. The molecular formula is C11H14OS. The van der Waals surface area contributed by atoms with Crippen LogP contribution in [0, 0.1) is 25.7 Å². The van der Waals surface area contributed by atoms with E-state index in [1.165, 1.54) is 9.75 Å². The third kappa shape index (κ3) is 1.55. The van der Waals surface area contributed by atoms with E-state index >= 15 is 0 Å². The zero-order valence-corrected chi connectivity index (χ0v) is 9.07. The summed E-state index contributed by atoms with van der Waals surface area (Å²) in [6.07, 6.45) is 1.09. The highest BCUT2D eigenvalue weighted by Gasteiger charge is 2.40. The minimum absolute atomic E-state index is 0.327. The lowest BCUT2D eigenvalue weighted by atomic mass is 10.1. The molecule has 2 unspecified atom stereocenters. The molecule has 0 amide bonds. The molecule has 0 aromatic carbocycles. The van der Waals surface area contributed by atoms with Crippen LogP contribution in [0.2, 0.25) is 0 Å². The van der Waals surface area contributed by atoms with E-state index in [0.717, 1.165) is 12.0 Å². The fourth-order valence-corrected chi connectivity index (χ4v) is 2.69. The predicted molar refractivity (Wildman–Crippen MR) is 55.4 cm³/mol. The van der Waals surface area contributed by atoms with Crippen molar-refractivity contribution in [1.82, 2.24) is 0 Å². The van der Waals surface area contributed by atoms with Gasteiger partial charge in [0.15, 0.2) is 5.78 Å². The average molecular weight is 194 g/mol. The molecule has 1 aromatic heterocycles. The summed E-state index contributed by atoms with van der Waals surface area (Å²) in [5.74, 6) is 1.31. The van der Waals surface area contributed by atoms with Crippen LogP contribution in [0.1, 0.15) is 33.5 Å². The summed E-state index contributed by atoms with van der Waals surface area (Å²) in [5.41, 5.74) is 0.969. The van der Waals surface area contributed by atoms with E-state index in [1.54, 1.807) is 11.3 Å². The highest BCUT2D eigenvalue weighted by atomic mass is 32.1. The Morgan fingerprint density at radius 2 is 2.15 bits per heavy atom. The zero-order chi connectivity index (χ0) is 9.59. The maximum absolute atomic E-state index is 11.9. The molecular weight excluding hydrogens is 180 g/mol. The number of carbonyl (C=O) groups excluding carboxylic acids is 1. The summed E-state index contributed by atoms with van der Waals surface area (Å²) >= 11 is 1.72. The van der Waals surface area contributed by atoms with E-state index in [9.17, 15) is 4.79 Å². The third-order valence-corrected chi connectivity index (χ3v) is 3.72. The van der Waals surface area contributed by atoms with Crippen LogP contribution in [0.3, 0.4) is 0 Å². The molecule has 70 valence electrons. The lowest BCUT2D eigenvalue weighted by molar-refractivity contribution is 0.0962. The molecule has 0 N–H and O–H groups in total. The van der Waals surface area contributed by atoms with Gasteiger partial charge in [-0.15, -0.1) is 11.3 Å². The number of hydrogen-bond donors (Lipinski definition) is 0. The predicted octanol–water partition coefficient (Wildman–Crippen LogP) is 3.20. The van der Waals surface area contributed by atoms with Gasteiger partial charge >= 0.3 is 0 Å². The summed E-state index contributed by atoms with van der Waals surface area (Å²) in [7, 11) is 0. The van der Waals surface area contributed by atoms with Crippen LogP contribution in [-0.2, 0) is 0 Å². The maximum atomic E-state index is 11.9. The summed E-state index contributed by atoms with van der Waals surface area (Å²) in [5, 5.41) is 0. The van der Waals surface area contributed by atoms with Gasteiger partial charge in [-0.1, -0.05) is 6.92 Å². The van der Waals surface area contributed by atoms with Crippen molar-refractivity contribution in [3.05, 3.63) is 21.4 Å². The summed E-state index contributed by atoms with van der Waals surface area (Å²) in [4.78, 5) is 14.3. The van der Waals surface area contributed by atoms with Gasteiger partial charge < -0.3 is 0 Å². The maximum Gasteiger partial charge on any atom is 0.167 e. The van der Waals surface area contributed by atoms with Crippen molar-refractivity contribution in [1.29, 1.82) is 0 Å². The van der Waals surface area contributed by atoms with Crippen LogP contribution in [0.25, 0.3) is 0 Å². The minimum atomic E-state index is 0.327. The van der Waals surface area contributed by atoms with Gasteiger partial charge in [-0.3, -0.25) is 4.79 Å². The summed E-state index contributed by atoms with van der Waals surface area (Å²) in [6, 6.07) is 2.04. The van der Waals surface area contributed by atoms with Crippen LogP contribution in [0.5, 0.6) is 0 Å². The molecule has 0 aliphatic heterocycles. The Morgan fingerprint density at radius 1 is 1.54 bits per heavy atom. The van der Waals surface area contributed by atoms with Gasteiger partial charge in [0.05, 0.1) is 0 Å². The van der Waals surface area contributed by atoms with E-state index in [0.29, 0.717) is 17.6 Å². The largest absolute Gasteiger partial charge is 0.294 e. The second kappa shape index (κ2) is 2.95. The number of Topliss-reactive ketones (excluding diaryl/α,β-unsaturated/α-hetero) is 1. The molecule has 2 heteroatoms. The van der Waals surface area contributed by atoms with Crippen molar-refractivity contribution in [3.8, 4) is 0 Å². The van der Waals surface area contributed by atoms with Crippen LogP contribution in [0.4, 0.5) is 0 Å². The van der Waals surface area contributed by atoms with E-state index in [1.807, 2.05) is 13.0 Å². The van der Waals surface area contributed by atoms with E-state index in [-0.39, 0.29) is 0 Å². The number of rotatable bonds is 2. The Bertz CT molecular complexity index is 351. The van der Waals surface area contributed by atoms with Crippen molar-refractivity contribution >= 4 is 17.1 Å². The molecule has 0 saturated heterocycles. The molecule has 1 nitrogen and oxygen atoms in total. The van der Waals surface area contributed by atoms with Gasteiger partial charge in [0.1, 0.15) is 0 Å². The number of carbonyl (C=O) groups is 1. The Balaban J connectivity index is 2.25. The summed E-state index contributed by atoms with van der Waals surface area (Å²) in [6.45, 7) is 6.25. The molecule has 1 fully saturated rings. The van der Waals surface area contributed by atoms with E-state index in [2.05, 4.69) is 13.8 Å². The quantitative estimate of drug-likeness (QED) is 0.661. The van der Waals surface area contributed by atoms with Crippen molar-refractivity contribution < 1.29 is 4.79 Å². The number of aryl methyl sites for hydroxylation is 2. The van der Waals surface area contributed by atoms with Gasteiger partial charge in [-0.05, 0) is 32.3 Å². The topological polar surface area (TPSA) is 17.1 Å². The lowest BCUT2D eigenvalue weighted by Gasteiger charge is -1.95. The zero-order valence-electron chi connectivity index (χ0n) is 8.26. The second-order valence-electron chi connectivity index (χ2n) is 4.01. The fourth-order valence-electron chi connectivity index (χ4n) is 1.76. The Labute approximate surface area is 82.8 Å². The first-order chi connectivity index (χ1) is 6.09. The van der Waals surface area contributed by atoms with Gasteiger partial charge in [0.2, 0.25) is 0 Å². The molecule has 1 aliphatic carbocycles. The monoisotopic (exact) mass is 194 g/mol. The van der Waals surface area contributed by atoms with Crippen molar-refractivity contribution in [2.75, 3.05) is 0 Å². The number of hydrogen-bond acceptors (Lipinski definition) is 2. The Morgan fingerprint density at radius 3 is 2.54 bits per heavy atom. The minimum Gasteiger partial charge on any atom is -0.294 e. The number of thiophene rings is 1. The smallest absolute Gasteiger partial charge is 0.167 e. The first-order valence-corrected chi connectivity index (χ1v) is 5.52. The molecule has 0 bridgehead atoms. The SMILES string of the molecule is Cc1cc(C(=O)C2CC2C)c(C)s1. The molecule has 2 rings (SSSR count). The molecule has 2 atom stereocenters. The highest BCUT2D eigenvalue weighted by Crippen LogP contribution is 2.41. The van der Waals surface area contributed by atoms with Gasteiger partial charge in [0.25, 0.3) is 0 Å². The van der Waals surface area contributed by atoms with Crippen LogP contribution >= 0.6 is 11.3 Å². The average Bonchev–Trinajstić information content (AvgIpc) is 2.67. The van der Waals surface area contributed by atoms with Crippen molar-refractivity contribution in [2.24, 2.45) is 11.8 Å². The molecule has 1 heterocycles. The van der Waals surface area contributed by atoms with Crippen molar-refractivity contribution in [2.45, 2.75) is 27.2 Å². The highest BCUT2D eigenvalue weighted by molar-refractivity contribution is 7.12. The first kappa shape index (κ1) is 8.95. The Kier molecular flexibility index (Phi) is 2.03. The standard InChI is InChI=1S/C11H14OS/c1-6-4-9(6)11(12)10-5-7(2)13-8(10)3/h5-6,9H,4H2,1-3H3. The van der Waals surface area contributed by atoms with Crippen LogP contribution < -0.4 is 0 Å². The van der Waals surface area contributed by atoms with Gasteiger partial charge in [-0.2, -0.15) is 0 Å². The third-order valence-electron chi connectivity index (χ3n) is 2.75. The Hall–Kier alpha value is -0.630. The number of ketones is 1. The lowest BCUT2D eigenvalue weighted by Crippen LogP contribution is -2.02. The first-order valence-electron chi connectivity index (χ1n) is 4.71. The molecule has 13 heavy (non-hydrogen) atoms. The molecule has 0 spiro atoms. The summed E-state index contributed by atoms with van der Waals surface area (Å²) < 4.78 is 0. The van der Waals surface area contributed by atoms with Gasteiger partial charge in [-0.25, -0.2) is 0 Å². The van der Waals surface area contributed by atoms with Crippen molar-refractivity contribution in [3.63, 3.8) is 0 Å². The molecule has 1 saturated carbocycles. The molecule has 0 radical (unpaired) electrons. The normalized spacial score (nSPS) is 26.1. The van der Waals surface area contributed by atoms with E-state index < -0.39 is 0 Å². The molecule has 1 aliphatic rings. The van der Waals surface area contributed by atoms with E-state index in [4.69, 9.17) is 0 Å².